The summed E-state index contributed by atoms with van der Waals surface area (Å²) in [6.45, 7) is 0. The number of carbonyl (C=O) groups excluding carboxylic acids is 1. The van der Waals surface area contributed by atoms with Crippen molar-refractivity contribution in [3.05, 3.63) is 14.7 Å². The zero-order valence-electron chi connectivity index (χ0n) is 8.26. The molecule has 0 radical (unpaired) electrons. The lowest BCUT2D eigenvalue weighted by molar-refractivity contribution is 0.249. The average molecular weight is 297 g/mol. The number of halogens is 2. The molecule has 2 N–H and O–H groups in total. The number of thioether (sulfide) groups is 1. The lowest BCUT2D eigenvalue weighted by Crippen LogP contribution is -2.37. The molecule has 1 aliphatic rings. The minimum atomic E-state index is -0.219. The summed E-state index contributed by atoms with van der Waals surface area (Å²) in [7, 11) is 0. The molecule has 2 rings (SSSR count). The standard InChI is InChI=1S/C9H10Cl2N2OS2/c10-7-3-6(8(11)16-7)13-9(14)12-5-1-2-15-4-5/h3,5H,1-2,4H2,(H2,12,13,14)/t5-/m1/s1. The Balaban J connectivity index is 1.89. The normalized spacial score (nSPS) is 19.8. The van der Waals surface area contributed by atoms with Crippen LogP contribution in [-0.4, -0.2) is 23.6 Å². The highest BCUT2D eigenvalue weighted by Crippen LogP contribution is 2.35. The molecule has 2 amide bonds. The fourth-order valence-electron chi connectivity index (χ4n) is 1.42. The summed E-state index contributed by atoms with van der Waals surface area (Å²) in [5.74, 6) is 2.08. The van der Waals surface area contributed by atoms with E-state index in [9.17, 15) is 4.79 Å². The number of amides is 2. The van der Waals surface area contributed by atoms with Crippen LogP contribution in [0.25, 0.3) is 0 Å². The highest BCUT2D eigenvalue weighted by atomic mass is 35.5. The summed E-state index contributed by atoms with van der Waals surface area (Å²) < 4.78 is 1.07. The van der Waals surface area contributed by atoms with Gasteiger partial charge >= 0.3 is 6.03 Å². The summed E-state index contributed by atoms with van der Waals surface area (Å²) in [4.78, 5) is 11.6. The largest absolute Gasteiger partial charge is 0.334 e. The molecule has 1 atom stereocenters. The molecule has 2 heterocycles. The SMILES string of the molecule is O=C(Nc1cc(Cl)sc1Cl)N[C@@H]1CCSC1. The Morgan fingerprint density at radius 1 is 1.50 bits per heavy atom. The maximum atomic E-state index is 11.6. The van der Waals surface area contributed by atoms with Crippen molar-refractivity contribution >= 4 is 58.0 Å². The molecule has 1 aliphatic heterocycles. The van der Waals surface area contributed by atoms with E-state index in [0.717, 1.165) is 17.9 Å². The first-order valence-electron chi connectivity index (χ1n) is 4.75. The van der Waals surface area contributed by atoms with Crippen molar-refractivity contribution in [2.75, 3.05) is 16.8 Å². The molecule has 16 heavy (non-hydrogen) atoms. The topological polar surface area (TPSA) is 41.1 Å². The first-order valence-corrected chi connectivity index (χ1v) is 7.48. The minimum Gasteiger partial charge on any atom is -0.334 e. The zero-order valence-corrected chi connectivity index (χ0v) is 11.4. The highest BCUT2D eigenvalue weighted by molar-refractivity contribution is 7.99. The maximum Gasteiger partial charge on any atom is 0.319 e. The van der Waals surface area contributed by atoms with Crippen molar-refractivity contribution in [2.45, 2.75) is 12.5 Å². The van der Waals surface area contributed by atoms with Crippen molar-refractivity contribution in [1.29, 1.82) is 0 Å². The summed E-state index contributed by atoms with van der Waals surface area (Å²) in [6, 6.07) is 1.69. The van der Waals surface area contributed by atoms with Crippen LogP contribution in [0.3, 0.4) is 0 Å². The van der Waals surface area contributed by atoms with E-state index < -0.39 is 0 Å². The number of rotatable bonds is 2. The average Bonchev–Trinajstić information content (AvgIpc) is 2.78. The molecule has 1 aromatic rings. The van der Waals surface area contributed by atoms with E-state index >= 15 is 0 Å². The van der Waals surface area contributed by atoms with E-state index in [-0.39, 0.29) is 12.1 Å². The van der Waals surface area contributed by atoms with E-state index in [1.54, 1.807) is 6.07 Å². The van der Waals surface area contributed by atoms with Crippen LogP contribution >= 0.6 is 46.3 Å². The number of carbonyl (C=O) groups is 1. The second kappa shape index (κ2) is 5.49. The van der Waals surface area contributed by atoms with Crippen LogP contribution in [-0.2, 0) is 0 Å². The van der Waals surface area contributed by atoms with E-state index in [1.807, 2.05) is 11.8 Å². The highest BCUT2D eigenvalue weighted by Gasteiger charge is 2.18. The van der Waals surface area contributed by atoms with Gasteiger partial charge in [-0.15, -0.1) is 11.3 Å². The van der Waals surface area contributed by atoms with Crippen molar-refractivity contribution in [1.82, 2.24) is 5.32 Å². The van der Waals surface area contributed by atoms with Gasteiger partial charge in [0.25, 0.3) is 0 Å². The van der Waals surface area contributed by atoms with Gasteiger partial charge in [0.15, 0.2) is 0 Å². The first kappa shape index (κ1) is 12.4. The molecular weight excluding hydrogens is 287 g/mol. The number of hydrogen-bond donors (Lipinski definition) is 2. The van der Waals surface area contributed by atoms with E-state index in [0.29, 0.717) is 14.4 Å². The summed E-state index contributed by atoms with van der Waals surface area (Å²) in [5, 5.41) is 5.59. The third kappa shape index (κ3) is 3.20. The van der Waals surface area contributed by atoms with Crippen LogP contribution in [0, 0.1) is 0 Å². The molecule has 88 valence electrons. The van der Waals surface area contributed by atoms with E-state index in [1.165, 1.54) is 11.3 Å². The predicted molar refractivity (Wildman–Crippen MR) is 72.2 cm³/mol. The van der Waals surface area contributed by atoms with Crippen molar-refractivity contribution in [3.63, 3.8) is 0 Å². The van der Waals surface area contributed by atoms with Gasteiger partial charge in [-0.1, -0.05) is 23.2 Å². The van der Waals surface area contributed by atoms with Gasteiger partial charge in [-0.05, 0) is 18.2 Å². The molecule has 0 unspecified atom stereocenters. The van der Waals surface area contributed by atoms with Crippen LogP contribution < -0.4 is 10.6 Å². The van der Waals surface area contributed by atoms with Gasteiger partial charge < -0.3 is 10.6 Å². The van der Waals surface area contributed by atoms with Gasteiger partial charge in [0.2, 0.25) is 0 Å². The van der Waals surface area contributed by atoms with E-state index in [4.69, 9.17) is 23.2 Å². The van der Waals surface area contributed by atoms with Gasteiger partial charge in [0.1, 0.15) is 4.34 Å². The number of urea groups is 1. The number of nitrogens with one attached hydrogen (secondary N) is 2. The maximum absolute atomic E-state index is 11.6. The second-order valence-corrected chi connectivity index (χ2v) is 6.83. The first-order chi connectivity index (χ1) is 7.65. The Hall–Kier alpha value is -0.100. The van der Waals surface area contributed by atoms with Gasteiger partial charge in [0.05, 0.1) is 10.0 Å². The zero-order chi connectivity index (χ0) is 11.5. The monoisotopic (exact) mass is 296 g/mol. The Morgan fingerprint density at radius 2 is 2.31 bits per heavy atom. The molecule has 7 heteroatoms. The molecular formula is C9H10Cl2N2OS2. The molecule has 0 spiro atoms. The summed E-state index contributed by atoms with van der Waals surface area (Å²) in [6.07, 6.45) is 1.02. The second-order valence-electron chi connectivity index (χ2n) is 3.40. The molecule has 0 aromatic carbocycles. The number of anilines is 1. The fourth-order valence-corrected chi connectivity index (χ4v) is 3.95. The van der Waals surface area contributed by atoms with Crippen LogP contribution in [0.2, 0.25) is 8.67 Å². The lowest BCUT2D eigenvalue weighted by Gasteiger charge is -2.11. The Labute approximate surface area is 112 Å². The smallest absolute Gasteiger partial charge is 0.319 e. The number of thiophene rings is 1. The molecule has 1 aromatic heterocycles. The Kier molecular flexibility index (Phi) is 4.24. The molecule has 3 nitrogen and oxygen atoms in total. The molecule has 1 fully saturated rings. The quantitative estimate of drug-likeness (QED) is 0.874. The van der Waals surface area contributed by atoms with Gasteiger partial charge in [-0.3, -0.25) is 0 Å². The summed E-state index contributed by atoms with van der Waals surface area (Å²) in [5.41, 5.74) is 0.569. The van der Waals surface area contributed by atoms with Crippen LogP contribution in [0.15, 0.2) is 6.07 Å². The third-order valence-electron chi connectivity index (χ3n) is 2.17. The van der Waals surface area contributed by atoms with Crippen molar-refractivity contribution in [3.8, 4) is 0 Å². The molecule has 0 saturated carbocycles. The molecule has 0 aliphatic carbocycles. The van der Waals surface area contributed by atoms with Crippen LogP contribution in [0.5, 0.6) is 0 Å². The minimum absolute atomic E-state index is 0.219. The molecule has 0 bridgehead atoms. The fraction of sp³-hybridized carbons (Fsp3) is 0.444. The number of hydrogen-bond acceptors (Lipinski definition) is 3. The lowest BCUT2D eigenvalue weighted by atomic mass is 10.3. The third-order valence-corrected chi connectivity index (χ3v) is 4.82. The van der Waals surface area contributed by atoms with E-state index in [2.05, 4.69) is 10.6 Å². The van der Waals surface area contributed by atoms with Gasteiger partial charge in [0, 0.05) is 11.8 Å². The Bertz CT molecular complexity index is 391. The van der Waals surface area contributed by atoms with Gasteiger partial charge in [-0.25, -0.2) is 4.79 Å². The summed E-state index contributed by atoms with van der Waals surface area (Å²) >= 11 is 14.8. The Morgan fingerprint density at radius 3 is 2.88 bits per heavy atom. The van der Waals surface area contributed by atoms with Crippen LogP contribution in [0.1, 0.15) is 6.42 Å². The van der Waals surface area contributed by atoms with Crippen LogP contribution in [0.4, 0.5) is 10.5 Å². The van der Waals surface area contributed by atoms with Crippen molar-refractivity contribution < 1.29 is 4.79 Å². The van der Waals surface area contributed by atoms with Gasteiger partial charge in [-0.2, -0.15) is 11.8 Å². The molecule has 1 saturated heterocycles. The predicted octanol–water partition coefficient (Wildman–Crippen LogP) is 3.68. The van der Waals surface area contributed by atoms with Crippen molar-refractivity contribution in [2.24, 2.45) is 0 Å².